The average Bonchev–Trinajstić information content (AvgIpc) is 2.46. The number of esters is 1. The van der Waals surface area contributed by atoms with Crippen molar-refractivity contribution in [1.82, 2.24) is 0 Å². The Morgan fingerprint density at radius 1 is 1.38 bits per heavy atom. The third-order valence-electron chi connectivity index (χ3n) is 2.21. The molecule has 1 aliphatic heterocycles. The molecule has 0 spiro atoms. The molecule has 0 amide bonds. The second-order valence-electron chi connectivity index (χ2n) is 3.06. The van der Waals surface area contributed by atoms with E-state index in [0.717, 1.165) is 5.56 Å². The number of carbonyl (C=O) groups excluding carboxylic acids is 1. The molecular formula is C10H11NO2. The highest BCUT2D eigenvalue weighted by atomic mass is 16.5. The minimum atomic E-state index is -0.228. The van der Waals surface area contributed by atoms with E-state index in [1.54, 1.807) is 6.07 Å². The Labute approximate surface area is 76.5 Å². The number of carbonyl (C=O) groups is 1. The van der Waals surface area contributed by atoms with Crippen LogP contribution in [0.4, 0.5) is 0 Å². The monoisotopic (exact) mass is 177 g/mol. The molecule has 0 aromatic heterocycles. The van der Waals surface area contributed by atoms with E-state index >= 15 is 0 Å². The van der Waals surface area contributed by atoms with Gasteiger partial charge in [-0.15, -0.1) is 0 Å². The van der Waals surface area contributed by atoms with Gasteiger partial charge in [0.2, 0.25) is 0 Å². The Balaban J connectivity index is 2.36. The van der Waals surface area contributed by atoms with Crippen LogP contribution in [-0.4, -0.2) is 12.5 Å². The maximum Gasteiger partial charge on any atom is 0.339 e. The normalized spacial score (nSPS) is 19.8. The fraction of sp³-hybridized carbons (Fsp3) is 0.300. The number of benzene rings is 1. The second-order valence-corrected chi connectivity index (χ2v) is 3.06. The summed E-state index contributed by atoms with van der Waals surface area (Å²) in [5.41, 5.74) is 7.07. The molecule has 0 fully saturated rings. The summed E-state index contributed by atoms with van der Waals surface area (Å²) >= 11 is 0. The maximum absolute atomic E-state index is 11.3. The molecule has 1 atom stereocenters. The van der Waals surface area contributed by atoms with Crippen molar-refractivity contribution < 1.29 is 9.53 Å². The van der Waals surface area contributed by atoms with E-state index in [4.69, 9.17) is 10.5 Å². The highest BCUT2D eigenvalue weighted by Crippen LogP contribution is 2.31. The van der Waals surface area contributed by atoms with Gasteiger partial charge in [-0.2, -0.15) is 0 Å². The lowest BCUT2D eigenvalue weighted by atomic mass is 10.0. The molecule has 1 unspecified atom stereocenters. The van der Waals surface area contributed by atoms with Crippen LogP contribution in [0.2, 0.25) is 0 Å². The number of hydrogen-bond acceptors (Lipinski definition) is 3. The van der Waals surface area contributed by atoms with Crippen LogP contribution < -0.4 is 5.73 Å². The van der Waals surface area contributed by atoms with Crippen LogP contribution in [0.25, 0.3) is 0 Å². The van der Waals surface area contributed by atoms with Crippen LogP contribution in [0, 0.1) is 0 Å². The van der Waals surface area contributed by atoms with Crippen LogP contribution in [-0.2, 0) is 4.74 Å². The zero-order valence-electron chi connectivity index (χ0n) is 7.19. The first-order chi connectivity index (χ1) is 6.33. The minimum Gasteiger partial charge on any atom is -0.454 e. The van der Waals surface area contributed by atoms with Crippen molar-refractivity contribution in [3.63, 3.8) is 0 Å². The van der Waals surface area contributed by atoms with E-state index in [-0.39, 0.29) is 12.1 Å². The molecule has 2 N–H and O–H groups in total. The van der Waals surface area contributed by atoms with E-state index in [1.165, 1.54) is 0 Å². The Hall–Kier alpha value is -1.35. The molecule has 0 bridgehead atoms. The zero-order chi connectivity index (χ0) is 9.26. The maximum atomic E-state index is 11.3. The number of nitrogens with two attached hydrogens (primary N) is 1. The van der Waals surface area contributed by atoms with Gasteiger partial charge in [0.15, 0.2) is 0 Å². The summed E-state index contributed by atoms with van der Waals surface area (Å²) < 4.78 is 5.15. The van der Waals surface area contributed by atoms with Gasteiger partial charge in [-0.3, -0.25) is 0 Å². The van der Waals surface area contributed by atoms with Crippen molar-refractivity contribution in [1.29, 1.82) is 0 Å². The SMILES string of the molecule is NCCC1OC(=O)c2ccccc21. The summed E-state index contributed by atoms with van der Waals surface area (Å²) in [5.74, 6) is -0.228. The van der Waals surface area contributed by atoms with Gasteiger partial charge in [0, 0.05) is 12.0 Å². The Bertz CT molecular complexity index is 335. The van der Waals surface area contributed by atoms with Crippen molar-refractivity contribution in [3.05, 3.63) is 35.4 Å². The number of cyclic esters (lactones) is 1. The lowest BCUT2D eigenvalue weighted by Crippen LogP contribution is -2.06. The van der Waals surface area contributed by atoms with Gasteiger partial charge >= 0.3 is 5.97 Å². The number of rotatable bonds is 2. The largest absolute Gasteiger partial charge is 0.454 e. The first kappa shape index (κ1) is 8.26. The molecule has 13 heavy (non-hydrogen) atoms. The highest BCUT2D eigenvalue weighted by molar-refractivity contribution is 5.93. The summed E-state index contributed by atoms with van der Waals surface area (Å²) in [6.45, 7) is 0.534. The van der Waals surface area contributed by atoms with Crippen molar-refractivity contribution in [3.8, 4) is 0 Å². The lowest BCUT2D eigenvalue weighted by Gasteiger charge is -2.07. The summed E-state index contributed by atoms with van der Waals surface area (Å²) in [4.78, 5) is 11.3. The molecule has 0 aliphatic carbocycles. The molecule has 0 radical (unpaired) electrons. The smallest absolute Gasteiger partial charge is 0.339 e. The molecule has 68 valence electrons. The summed E-state index contributed by atoms with van der Waals surface area (Å²) in [7, 11) is 0. The molecular weight excluding hydrogens is 166 g/mol. The molecule has 1 aromatic rings. The molecule has 1 heterocycles. The molecule has 1 aromatic carbocycles. The van der Waals surface area contributed by atoms with Crippen molar-refractivity contribution >= 4 is 5.97 Å². The standard InChI is InChI=1S/C10H11NO2/c11-6-5-9-7-3-1-2-4-8(7)10(12)13-9/h1-4,9H,5-6,11H2. The third-order valence-corrected chi connectivity index (χ3v) is 2.21. The predicted octanol–water partition coefficient (Wildman–Crippen LogP) is 1.25. The average molecular weight is 177 g/mol. The van der Waals surface area contributed by atoms with Gasteiger partial charge in [-0.05, 0) is 12.6 Å². The summed E-state index contributed by atoms with van der Waals surface area (Å²) in [6.07, 6.45) is 0.566. The van der Waals surface area contributed by atoms with E-state index in [2.05, 4.69) is 0 Å². The van der Waals surface area contributed by atoms with Gasteiger partial charge in [0.1, 0.15) is 6.10 Å². The first-order valence-corrected chi connectivity index (χ1v) is 4.33. The number of hydrogen-bond donors (Lipinski definition) is 1. The van der Waals surface area contributed by atoms with Crippen LogP contribution in [0.3, 0.4) is 0 Å². The fourth-order valence-electron chi connectivity index (χ4n) is 1.59. The fourth-order valence-corrected chi connectivity index (χ4v) is 1.59. The van der Waals surface area contributed by atoms with Gasteiger partial charge in [0.05, 0.1) is 5.56 Å². The second kappa shape index (κ2) is 3.18. The Morgan fingerprint density at radius 3 is 2.92 bits per heavy atom. The van der Waals surface area contributed by atoms with Crippen molar-refractivity contribution in [2.24, 2.45) is 5.73 Å². The quantitative estimate of drug-likeness (QED) is 0.691. The summed E-state index contributed by atoms with van der Waals surface area (Å²) in [5, 5.41) is 0. The summed E-state index contributed by atoms with van der Waals surface area (Å²) in [6, 6.07) is 7.45. The zero-order valence-corrected chi connectivity index (χ0v) is 7.19. The van der Waals surface area contributed by atoms with E-state index in [0.29, 0.717) is 18.5 Å². The molecule has 0 saturated heterocycles. The number of ether oxygens (including phenoxy) is 1. The van der Waals surface area contributed by atoms with Crippen LogP contribution in [0.5, 0.6) is 0 Å². The van der Waals surface area contributed by atoms with E-state index < -0.39 is 0 Å². The predicted molar refractivity (Wildman–Crippen MR) is 48.3 cm³/mol. The van der Waals surface area contributed by atoms with E-state index in [1.807, 2.05) is 18.2 Å². The minimum absolute atomic E-state index is 0.131. The van der Waals surface area contributed by atoms with Crippen LogP contribution >= 0.6 is 0 Å². The van der Waals surface area contributed by atoms with Crippen LogP contribution in [0.15, 0.2) is 24.3 Å². The first-order valence-electron chi connectivity index (χ1n) is 4.33. The van der Waals surface area contributed by atoms with E-state index in [9.17, 15) is 4.79 Å². The van der Waals surface area contributed by atoms with Gasteiger partial charge in [-0.25, -0.2) is 4.79 Å². The Morgan fingerprint density at radius 2 is 2.15 bits per heavy atom. The molecule has 0 saturated carbocycles. The van der Waals surface area contributed by atoms with Gasteiger partial charge in [0.25, 0.3) is 0 Å². The van der Waals surface area contributed by atoms with Crippen molar-refractivity contribution in [2.75, 3.05) is 6.54 Å². The van der Waals surface area contributed by atoms with Gasteiger partial charge < -0.3 is 10.5 Å². The third kappa shape index (κ3) is 1.31. The number of fused-ring (bicyclic) bond motifs is 1. The van der Waals surface area contributed by atoms with Crippen LogP contribution in [0.1, 0.15) is 28.4 Å². The topological polar surface area (TPSA) is 52.3 Å². The molecule has 3 heteroatoms. The molecule has 2 rings (SSSR count). The highest BCUT2D eigenvalue weighted by Gasteiger charge is 2.29. The molecule has 1 aliphatic rings. The molecule has 3 nitrogen and oxygen atoms in total. The Kier molecular flexibility index (Phi) is 2.02. The van der Waals surface area contributed by atoms with Gasteiger partial charge in [-0.1, -0.05) is 18.2 Å². The lowest BCUT2D eigenvalue weighted by molar-refractivity contribution is 0.0374. The van der Waals surface area contributed by atoms with Crippen molar-refractivity contribution in [2.45, 2.75) is 12.5 Å².